The van der Waals surface area contributed by atoms with Gasteiger partial charge in [-0.2, -0.15) is 4.98 Å². The molecular formula is C26H26ClN7O3S. The summed E-state index contributed by atoms with van der Waals surface area (Å²) in [5.74, 6) is 0.952. The average Bonchev–Trinajstić information content (AvgIpc) is 3.65. The second-order valence-electron chi connectivity index (χ2n) is 9.43. The number of piperidine rings is 1. The van der Waals surface area contributed by atoms with Gasteiger partial charge >= 0.3 is 0 Å². The maximum Gasteiger partial charge on any atom is 0.259 e. The highest BCUT2D eigenvalue weighted by Crippen LogP contribution is 2.35. The Morgan fingerprint density at radius 1 is 1.03 bits per heavy atom. The van der Waals surface area contributed by atoms with Crippen molar-refractivity contribution in [2.24, 2.45) is 0 Å². The fourth-order valence-corrected chi connectivity index (χ4v) is 5.48. The van der Waals surface area contributed by atoms with Crippen molar-refractivity contribution in [3.63, 3.8) is 0 Å². The quantitative estimate of drug-likeness (QED) is 0.320. The zero-order valence-electron chi connectivity index (χ0n) is 21.0. The Labute approximate surface area is 228 Å². The van der Waals surface area contributed by atoms with E-state index in [1.54, 1.807) is 19.4 Å². The largest absolute Gasteiger partial charge is 0.494 e. The fraction of sp³-hybridized carbons (Fsp3) is 0.385. The lowest BCUT2D eigenvalue weighted by molar-refractivity contribution is 0.0246. The van der Waals surface area contributed by atoms with Gasteiger partial charge in [0.15, 0.2) is 15.6 Å². The molecule has 12 heteroatoms. The first kappa shape index (κ1) is 24.9. The molecule has 0 radical (unpaired) electrons. The molecule has 5 heterocycles. The number of pyridine rings is 2. The molecule has 0 unspecified atom stereocenters. The predicted octanol–water partition coefficient (Wildman–Crippen LogP) is 4.91. The summed E-state index contributed by atoms with van der Waals surface area (Å²) in [6, 6.07) is 3.48. The van der Waals surface area contributed by atoms with Crippen LogP contribution in [0, 0.1) is 6.92 Å². The number of carbonyl (C=O) groups is 1. The van der Waals surface area contributed by atoms with Gasteiger partial charge in [0.05, 0.1) is 37.3 Å². The monoisotopic (exact) mass is 551 g/mol. The van der Waals surface area contributed by atoms with Gasteiger partial charge in [0, 0.05) is 36.1 Å². The molecule has 1 aliphatic carbocycles. The number of fused-ring (bicyclic) bond motifs is 1. The van der Waals surface area contributed by atoms with E-state index in [1.807, 2.05) is 13.0 Å². The van der Waals surface area contributed by atoms with Crippen molar-refractivity contribution in [1.29, 1.82) is 0 Å². The van der Waals surface area contributed by atoms with Crippen LogP contribution in [0.15, 0.2) is 30.7 Å². The molecule has 1 saturated heterocycles. The van der Waals surface area contributed by atoms with Crippen LogP contribution in [0.5, 0.6) is 5.75 Å². The minimum Gasteiger partial charge on any atom is -0.494 e. The molecule has 4 aromatic heterocycles. The molecular weight excluding hydrogens is 526 g/mol. The van der Waals surface area contributed by atoms with Crippen LogP contribution in [-0.4, -0.2) is 63.2 Å². The van der Waals surface area contributed by atoms with Crippen molar-refractivity contribution in [3.05, 3.63) is 47.1 Å². The van der Waals surface area contributed by atoms with Crippen LogP contribution in [-0.2, 0) is 4.74 Å². The highest BCUT2D eigenvalue weighted by Gasteiger charge is 2.29. The first-order valence-corrected chi connectivity index (χ1v) is 13.7. The number of anilines is 2. The highest BCUT2D eigenvalue weighted by atomic mass is 35.5. The van der Waals surface area contributed by atoms with Gasteiger partial charge in [0.1, 0.15) is 16.7 Å². The third-order valence-corrected chi connectivity index (χ3v) is 7.70. The fourth-order valence-electron chi connectivity index (χ4n) is 4.53. The van der Waals surface area contributed by atoms with E-state index >= 15 is 0 Å². The summed E-state index contributed by atoms with van der Waals surface area (Å²) < 4.78 is 11.5. The lowest BCUT2D eigenvalue weighted by atomic mass is 10.0. The summed E-state index contributed by atoms with van der Waals surface area (Å²) in [5, 5.41) is 3.59. The Balaban J connectivity index is 1.21. The number of thiazole rings is 1. The van der Waals surface area contributed by atoms with Gasteiger partial charge in [-0.05, 0) is 44.7 Å². The van der Waals surface area contributed by atoms with Crippen LogP contribution < -0.4 is 15.0 Å². The lowest BCUT2D eigenvalue weighted by Crippen LogP contribution is -2.37. The maximum atomic E-state index is 13.4. The van der Waals surface area contributed by atoms with Crippen molar-refractivity contribution in [2.45, 2.75) is 44.8 Å². The molecule has 0 spiro atoms. The molecule has 10 nitrogen and oxygen atoms in total. The molecule has 4 aromatic rings. The summed E-state index contributed by atoms with van der Waals surface area (Å²) in [7, 11) is 1.54. The number of ether oxygens (including phenoxy) is 2. The molecule has 0 bridgehead atoms. The number of aryl methyl sites for hydroxylation is 1. The number of nitrogens with zero attached hydrogens (tertiary/aromatic N) is 6. The van der Waals surface area contributed by atoms with Gasteiger partial charge in [-0.15, -0.1) is 0 Å². The second kappa shape index (κ2) is 10.4. The van der Waals surface area contributed by atoms with Crippen LogP contribution in [0.4, 0.5) is 10.9 Å². The molecule has 1 amide bonds. The Bertz CT molecular complexity index is 1500. The maximum absolute atomic E-state index is 13.4. The Kier molecular flexibility index (Phi) is 6.81. The molecule has 196 valence electrons. The summed E-state index contributed by atoms with van der Waals surface area (Å²) in [6.45, 7) is 3.61. The van der Waals surface area contributed by atoms with E-state index in [-0.39, 0.29) is 5.91 Å². The second-order valence-corrected chi connectivity index (χ2v) is 10.8. The van der Waals surface area contributed by atoms with Crippen molar-refractivity contribution in [3.8, 4) is 16.9 Å². The number of hydrogen-bond acceptors (Lipinski definition) is 10. The van der Waals surface area contributed by atoms with Crippen molar-refractivity contribution in [1.82, 2.24) is 24.9 Å². The van der Waals surface area contributed by atoms with Gasteiger partial charge in [-0.3, -0.25) is 15.1 Å². The summed E-state index contributed by atoms with van der Waals surface area (Å²) >= 11 is 7.44. The summed E-state index contributed by atoms with van der Waals surface area (Å²) in [4.78, 5) is 38.4. The number of amides is 1. The number of hydrogen-bond donors (Lipinski definition) is 1. The summed E-state index contributed by atoms with van der Waals surface area (Å²) in [6.07, 6.45) is 9.99. The van der Waals surface area contributed by atoms with Crippen LogP contribution >= 0.6 is 22.9 Å². The number of methoxy groups -OCH3 is 1. The van der Waals surface area contributed by atoms with E-state index in [4.69, 9.17) is 26.1 Å². The standard InChI is InChI=1S/C26H26ClN7O3S/c1-14-9-17(18-10-21(27)29-12-20(18)36-2)19(11-28-14)24(35)33-26-32-23-25(38-26)31-22(13-30-23)34-7-5-16(6-8-34)37-15-3-4-15/h9-13,15-16H,3-8H2,1-2H3,(H,30,32,33,35). The van der Waals surface area contributed by atoms with Gasteiger partial charge < -0.3 is 14.4 Å². The first-order valence-electron chi connectivity index (χ1n) is 12.5. The van der Waals surface area contributed by atoms with E-state index in [2.05, 4.69) is 30.2 Å². The number of carbonyl (C=O) groups excluding carboxylic acids is 1. The Morgan fingerprint density at radius 2 is 1.82 bits per heavy atom. The van der Waals surface area contributed by atoms with Gasteiger partial charge in [0.25, 0.3) is 5.91 Å². The normalized spacial score (nSPS) is 16.1. The van der Waals surface area contributed by atoms with Crippen LogP contribution in [0.25, 0.3) is 21.6 Å². The van der Waals surface area contributed by atoms with E-state index in [1.165, 1.54) is 36.6 Å². The van der Waals surface area contributed by atoms with Crippen LogP contribution in [0.1, 0.15) is 41.7 Å². The molecule has 1 N–H and O–H groups in total. The van der Waals surface area contributed by atoms with E-state index < -0.39 is 0 Å². The molecule has 0 aromatic carbocycles. The topological polar surface area (TPSA) is 115 Å². The number of nitrogens with one attached hydrogen (secondary N) is 1. The molecule has 6 rings (SSSR count). The third-order valence-electron chi connectivity index (χ3n) is 6.64. The van der Waals surface area contributed by atoms with Gasteiger partial charge in [0.2, 0.25) is 0 Å². The van der Waals surface area contributed by atoms with E-state index in [9.17, 15) is 4.79 Å². The zero-order chi connectivity index (χ0) is 26.2. The van der Waals surface area contributed by atoms with E-state index in [0.717, 1.165) is 37.4 Å². The summed E-state index contributed by atoms with van der Waals surface area (Å²) in [5.41, 5.74) is 2.87. The number of aromatic nitrogens is 5. The first-order chi connectivity index (χ1) is 18.5. The van der Waals surface area contributed by atoms with Gasteiger partial charge in [-0.25, -0.2) is 15.0 Å². The van der Waals surface area contributed by atoms with Crippen LogP contribution in [0.2, 0.25) is 5.15 Å². The Morgan fingerprint density at radius 3 is 2.58 bits per heavy atom. The van der Waals surface area contributed by atoms with Crippen LogP contribution in [0.3, 0.4) is 0 Å². The van der Waals surface area contributed by atoms with Crippen molar-refractivity contribution in [2.75, 3.05) is 30.4 Å². The minimum atomic E-state index is -0.362. The average molecular weight is 552 g/mol. The zero-order valence-corrected chi connectivity index (χ0v) is 22.6. The highest BCUT2D eigenvalue weighted by molar-refractivity contribution is 7.21. The Hall–Kier alpha value is -3.41. The molecule has 0 atom stereocenters. The molecule has 2 fully saturated rings. The minimum absolute atomic E-state index is 0.292. The number of halogens is 1. The SMILES string of the molecule is COc1cnc(Cl)cc1-c1cc(C)ncc1C(=O)Nc1nc2ncc(N3CCC(OC4CC4)CC3)nc2s1. The predicted molar refractivity (Wildman–Crippen MR) is 146 cm³/mol. The van der Waals surface area contributed by atoms with Gasteiger partial charge in [-0.1, -0.05) is 22.9 Å². The van der Waals surface area contributed by atoms with E-state index in [0.29, 0.717) is 55.4 Å². The third kappa shape index (κ3) is 5.27. The molecule has 1 aliphatic heterocycles. The van der Waals surface area contributed by atoms with Crippen molar-refractivity contribution < 1.29 is 14.3 Å². The molecule has 38 heavy (non-hydrogen) atoms. The lowest BCUT2D eigenvalue weighted by Gasteiger charge is -2.32. The van der Waals surface area contributed by atoms with Crippen molar-refractivity contribution >= 4 is 50.3 Å². The smallest absolute Gasteiger partial charge is 0.259 e. The molecule has 2 aliphatic rings. The number of rotatable bonds is 7. The molecule has 1 saturated carbocycles.